The summed E-state index contributed by atoms with van der Waals surface area (Å²) in [4.78, 5) is 15.0. The van der Waals surface area contributed by atoms with E-state index in [9.17, 15) is 9.90 Å². The van der Waals surface area contributed by atoms with Crippen molar-refractivity contribution in [2.75, 3.05) is 13.0 Å². The van der Waals surface area contributed by atoms with Crippen molar-refractivity contribution in [2.24, 2.45) is 10.7 Å². The third kappa shape index (κ3) is 2.87. The van der Waals surface area contributed by atoms with E-state index in [4.69, 9.17) is 17.3 Å². The minimum atomic E-state index is -0.531. The van der Waals surface area contributed by atoms with Crippen LogP contribution in [0.15, 0.2) is 23.2 Å². The molecule has 5 nitrogen and oxygen atoms in total. The van der Waals surface area contributed by atoms with Crippen LogP contribution in [0, 0.1) is 0 Å². The Balaban J connectivity index is 3.05. The van der Waals surface area contributed by atoms with Gasteiger partial charge in [-0.15, -0.1) is 11.6 Å². The summed E-state index contributed by atoms with van der Waals surface area (Å²) in [5, 5.41) is 9.57. The highest BCUT2D eigenvalue weighted by Crippen LogP contribution is 2.27. The molecule has 0 unspecified atom stereocenters. The summed E-state index contributed by atoms with van der Waals surface area (Å²) in [7, 11) is 1.26. The maximum absolute atomic E-state index is 11.1. The van der Waals surface area contributed by atoms with Crippen molar-refractivity contribution >= 4 is 29.1 Å². The van der Waals surface area contributed by atoms with E-state index in [-0.39, 0.29) is 28.7 Å². The van der Waals surface area contributed by atoms with E-state index in [1.54, 1.807) is 0 Å². The molecule has 0 aliphatic heterocycles. The Kier molecular flexibility index (Phi) is 4.13. The lowest BCUT2D eigenvalue weighted by atomic mass is 10.2. The number of carbonyl (C=O) groups is 1. The SMILES string of the molecule is COC(=O)c1ccc(N=C(N)CCl)c(O)c1. The quantitative estimate of drug-likeness (QED) is 0.363. The molecule has 0 spiro atoms. The number of halogens is 1. The average Bonchev–Trinajstić information content (AvgIpc) is 2.30. The first-order valence-corrected chi connectivity index (χ1v) is 4.92. The summed E-state index contributed by atoms with van der Waals surface area (Å²) in [6, 6.07) is 4.19. The number of aromatic hydroxyl groups is 1. The molecule has 0 aliphatic rings. The van der Waals surface area contributed by atoms with Gasteiger partial charge >= 0.3 is 5.97 Å². The van der Waals surface area contributed by atoms with Crippen molar-refractivity contribution in [3.05, 3.63) is 23.8 Å². The highest BCUT2D eigenvalue weighted by molar-refractivity contribution is 6.28. The van der Waals surface area contributed by atoms with Gasteiger partial charge in [-0.1, -0.05) is 0 Å². The maximum atomic E-state index is 11.1. The number of aliphatic imine (C=N–C) groups is 1. The molecule has 0 aliphatic carbocycles. The number of ether oxygens (including phenoxy) is 1. The van der Waals surface area contributed by atoms with Crippen LogP contribution in [0.2, 0.25) is 0 Å². The van der Waals surface area contributed by atoms with E-state index in [1.807, 2.05) is 0 Å². The van der Waals surface area contributed by atoms with E-state index < -0.39 is 5.97 Å². The minimum Gasteiger partial charge on any atom is -0.506 e. The molecular weight excluding hydrogens is 232 g/mol. The number of hydrogen-bond acceptors (Lipinski definition) is 4. The van der Waals surface area contributed by atoms with Gasteiger partial charge in [0.2, 0.25) is 0 Å². The van der Waals surface area contributed by atoms with E-state index in [1.165, 1.54) is 25.3 Å². The fraction of sp³-hybridized carbons (Fsp3) is 0.200. The lowest BCUT2D eigenvalue weighted by molar-refractivity contribution is 0.0600. The van der Waals surface area contributed by atoms with Gasteiger partial charge in [-0.2, -0.15) is 0 Å². The van der Waals surface area contributed by atoms with Gasteiger partial charge in [0.1, 0.15) is 17.3 Å². The second-order valence-electron chi connectivity index (χ2n) is 2.93. The summed E-state index contributed by atoms with van der Waals surface area (Å²) in [6.07, 6.45) is 0. The molecule has 0 heterocycles. The molecule has 1 aromatic rings. The number of rotatable bonds is 3. The predicted molar refractivity (Wildman–Crippen MR) is 61.4 cm³/mol. The van der Waals surface area contributed by atoms with Crippen LogP contribution in [0.25, 0.3) is 0 Å². The van der Waals surface area contributed by atoms with Crippen LogP contribution >= 0.6 is 11.6 Å². The Hall–Kier alpha value is -1.75. The predicted octanol–water partition coefficient (Wildman–Crippen LogP) is 1.41. The van der Waals surface area contributed by atoms with Crippen LogP contribution in [0.3, 0.4) is 0 Å². The summed E-state index contributed by atoms with van der Waals surface area (Å²) in [5.41, 5.74) is 5.91. The summed E-state index contributed by atoms with van der Waals surface area (Å²) < 4.78 is 4.50. The Morgan fingerprint density at radius 3 is 2.81 bits per heavy atom. The smallest absolute Gasteiger partial charge is 0.337 e. The topological polar surface area (TPSA) is 84.9 Å². The van der Waals surface area contributed by atoms with Crippen molar-refractivity contribution < 1.29 is 14.6 Å². The zero-order valence-corrected chi connectivity index (χ0v) is 9.36. The number of benzene rings is 1. The number of methoxy groups -OCH3 is 1. The van der Waals surface area contributed by atoms with Gasteiger partial charge in [-0.25, -0.2) is 9.79 Å². The summed E-state index contributed by atoms with van der Waals surface area (Å²) in [5.74, 6) is -0.437. The summed E-state index contributed by atoms with van der Waals surface area (Å²) >= 11 is 5.45. The van der Waals surface area contributed by atoms with E-state index >= 15 is 0 Å². The van der Waals surface area contributed by atoms with Crippen molar-refractivity contribution in [1.82, 2.24) is 0 Å². The van der Waals surface area contributed by atoms with Gasteiger partial charge in [0.15, 0.2) is 0 Å². The molecule has 0 aromatic heterocycles. The van der Waals surface area contributed by atoms with Gasteiger partial charge in [0.05, 0.1) is 18.6 Å². The number of phenols is 1. The van der Waals surface area contributed by atoms with Crippen LogP contribution < -0.4 is 5.73 Å². The van der Waals surface area contributed by atoms with Crippen LogP contribution in [-0.4, -0.2) is 29.9 Å². The Morgan fingerprint density at radius 1 is 1.62 bits per heavy atom. The first-order valence-electron chi connectivity index (χ1n) is 4.38. The zero-order valence-electron chi connectivity index (χ0n) is 8.61. The first-order chi connectivity index (χ1) is 7.58. The van der Waals surface area contributed by atoms with Crippen LogP contribution in [0.1, 0.15) is 10.4 Å². The number of esters is 1. The maximum Gasteiger partial charge on any atom is 0.337 e. The van der Waals surface area contributed by atoms with E-state index in [0.717, 1.165) is 0 Å². The lowest BCUT2D eigenvalue weighted by Crippen LogP contribution is -2.12. The standard InChI is InChI=1S/C10H11ClN2O3/c1-16-10(15)6-2-3-7(8(14)4-6)13-9(12)5-11/h2-4,14H,5H2,1H3,(H2,12,13). The molecular formula is C10H11ClN2O3. The molecule has 3 N–H and O–H groups in total. The number of phenolic OH excluding ortho intramolecular Hbond substituents is 1. The van der Waals surface area contributed by atoms with Crippen molar-refractivity contribution in [1.29, 1.82) is 0 Å². The number of alkyl halides is 1. The number of hydrogen-bond donors (Lipinski definition) is 2. The molecule has 1 aromatic carbocycles. The molecule has 6 heteroatoms. The fourth-order valence-corrected chi connectivity index (χ4v) is 1.11. The van der Waals surface area contributed by atoms with Crippen molar-refractivity contribution in [3.63, 3.8) is 0 Å². The molecule has 1 rings (SSSR count). The van der Waals surface area contributed by atoms with E-state index in [0.29, 0.717) is 0 Å². The molecule has 0 bridgehead atoms. The number of carbonyl (C=O) groups excluding carboxylic acids is 1. The Labute approximate surface area is 97.5 Å². The number of nitrogens with zero attached hydrogens (tertiary/aromatic N) is 1. The van der Waals surface area contributed by atoms with Crippen LogP contribution in [-0.2, 0) is 4.74 Å². The van der Waals surface area contributed by atoms with Crippen LogP contribution in [0.5, 0.6) is 5.75 Å². The Bertz CT molecular complexity index is 432. The van der Waals surface area contributed by atoms with Gasteiger partial charge < -0.3 is 15.6 Å². The third-order valence-corrected chi connectivity index (χ3v) is 2.07. The molecule has 0 saturated carbocycles. The van der Waals surface area contributed by atoms with Gasteiger partial charge in [-0.05, 0) is 18.2 Å². The summed E-state index contributed by atoms with van der Waals surface area (Å²) in [6.45, 7) is 0. The fourth-order valence-electron chi connectivity index (χ4n) is 1.05. The molecule has 0 saturated heterocycles. The third-order valence-electron chi connectivity index (χ3n) is 1.80. The largest absolute Gasteiger partial charge is 0.506 e. The van der Waals surface area contributed by atoms with Crippen molar-refractivity contribution in [2.45, 2.75) is 0 Å². The molecule has 16 heavy (non-hydrogen) atoms. The van der Waals surface area contributed by atoms with Gasteiger partial charge in [-0.3, -0.25) is 0 Å². The minimum absolute atomic E-state index is 0.0677. The average molecular weight is 243 g/mol. The highest BCUT2D eigenvalue weighted by atomic mass is 35.5. The molecule has 86 valence electrons. The zero-order chi connectivity index (χ0) is 12.1. The van der Waals surface area contributed by atoms with Crippen molar-refractivity contribution in [3.8, 4) is 5.75 Å². The molecule has 0 radical (unpaired) electrons. The monoisotopic (exact) mass is 242 g/mol. The van der Waals surface area contributed by atoms with Gasteiger partial charge in [0.25, 0.3) is 0 Å². The second kappa shape index (κ2) is 5.37. The molecule has 0 amide bonds. The number of amidine groups is 1. The highest BCUT2D eigenvalue weighted by Gasteiger charge is 2.08. The van der Waals surface area contributed by atoms with E-state index in [2.05, 4.69) is 9.73 Å². The molecule has 0 atom stereocenters. The van der Waals surface area contributed by atoms with Crippen LogP contribution in [0.4, 0.5) is 5.69 Å². The Morgan fingerprint density at radius 2 is 2.31 bits per heavy atom. The second-order valence-corrected chi connectivity index (χ2v) is 3.20. The van der Waals surface area contributed by atoms with Gasteiger partial charge in [0, 0.05) is 0 Å². The molecule has 0 fully saturated rings. The lowest BCUT2D eigenvalue weighted by Gasteiger charge is -2.03. The normalized spacial score (nSPS) is 11.2. The number of nitrogens with two attached hydrogens (primary N) is 1. The first kappa shape index (κ1) is 12.3.